The molecule has 0 saturated carbocycles. The second-order valence-electron chi connectivity index (χ2n) is 6.80. The average Bonchev–Trinajstić information content (AvgIpc) is 2.74. The predicted molar refractivity (Wildman–Crippen MR) is 120 cm³/mol. The molecule has 2 N–H and O–H groups in total. The van der Waals surface area contributed by atoms with Crippen molar-refractivity contribution in [2.75, 3.05) is 24.5 Å². The number of hydrogen-bond donors (Lipinski definition) is 2. The largest absolute Gasteiger partial charge is 0.372 e. The highest BCUT2D eigenvalue weighted by Gasteiger charge is 2.08. The Kier molecular flexibility index (Phi) is 7.19. The molecular formula is C22H26N4O2S. The minimum atomic E-state index is -0.168. The van der Waals surface area contributed by atoms with E-state index in [9.17, 15) is 9.59 Å². The summed E-state index contributed by atoms with van der Waals surface area (Å²) in [5.41, 5.74) is 1.73. The number of para-hydroxylation sites is 2. The van der Waals surface area contributed by atoms with Gasteiger partial charge in [-0.3, -0.25) is 14.2 Å². The van der Waals surface area contributed by atoms with E-state index in [0.717, 1.165) is 19.5 Å². The van der Waals surface area contributed by atoms with Crippen LogP contribution < -0.4 is 15.8 Å². The summed E-state index contributed by atoms with van der Waals surface area (Å²) in [6.07, 6.45) is 1.07. The number of carbonyl (C=O) groups is 1. The van der Waals surface area contributed by atoms with E-state index in [-0.39, 0.29) is 24.4 Å². The van der Waals surface area contributed by atoms with Gasteiger partial charge in [0.15, 0.2) is 4.77 Å². The highest BCUT2D eigenvalue weighted by Crippen LogP contribution is 2.12. The molecule has 0 radical (unpaired) electrons. The van der Waals surface area contributed by atoms with E-state index in [1.165, 1.54) is 10.3 Å². The number of aromatic amines is 1. The lowest BCUT2D eigenvalue weighted by molar-refractivity contribution is -0.121. The molecular weight excluding hydrogens is 384 g/mol. The molecule has 1 aromatic heterocycles. The standard InChI is InChI=1S/C22H26N4O2S/c1-2-25(17-9-4-3-5-10-17)15-8-14-23-20(27)13-16-26-21(28)18-11-6-7-12-19(18)24-22(26)29/h3-7,9-12H,2,8,13-16H2,1H3,(H,23,27)(H,24,29). The molecule has 0 aliphatic rings. The smallest absolute Gasteiger partial charge is 0.262 e. The lowest BCUT2D eigenvalue weighted by Gasteiger charge is -2.23. The molecule has 29 heavy (non-hydrogen) atoms. The van der Waals surface area contributed by atoms with Gasteiger partial charge in [0.2, 0.25) is 5.91 Å². The second kappa shape index (κ2) is 10.0. The molecule has 7 heteroatoms. The first-order valence-electron chi connectivity index (χ1n) is 9.88. The first-order chi connectivity index (χ1) is 14.1. The van der Waals surface area contributed by atoms with Gasteiger partial charge in [-0.25, -0.2) is 0 Å². The van der Waals surface area contributed by atoms with Crippen molar-refractivity contribution in [3.63, 3.8) is 0 Å². The molecule has 0 aliphatic heterocycles. The fourth-order valence-electron chi connectivity index (χ4n) is 3.31. The molecule has 2 aromatic carbocycles. The van der Waals surface area contributed by atoms with Crippen LogP contribution in [-0.2, 0) is 11.3 Å². The number of benzene rings is 2. The van der Waals surface area contributed by atoms with Crippen molar-refractivity contribution in [1.82, 2.24) is 14.9 Å². The zero-order valence-electron chi connectivity index (χ0n) is 16.6. The Morgan fingerprint density at radius 1 is 1.14 bits per heavy atom. The topological polar surface area (TPSA) is 70.1 Å². The molecule has 3 aromatic rings. The van der Waals surface area contributed by atoms with Crippen LogP contribution in [0, 0.1) is 4.77 Å². The number of carbonyl (C=O) groups excluding carboxylic acids is 1. The van der Waals surface area contributed by atoms with E-state index in [4.69, 9.17) is 12.2 Å². The van der Waals surface area contributed by atoms with E-state index in [1.54, 1.807) is 6.07 Å². The SMILES string of the molecule is CCN(CCCNC(=O)CCn1c(=S)[nH]c2ccccc2c1=O)c1ccccc1. The molecule has 0 atom stereocenters. The molecule has 1 amide bonds. The minimum Gasteiger partial charge on any atom is -0.372 e. The van der Waals surface area contributed by atoms with E-state index in [0.29, 0.717) is 22.2 Å². The predicted octanol–water partition coefficient (Wildman–Crippen LogP) is 3.48. The van der Waals surface area contributed by atoms with Gasteiger partial charge >= 0.3 is 0 Å². The quantitative estimate of drug-likeness (QED) is 0.419. The van der Waals surface area contributed by atoms with Crippen LogP contribution in [0.25, 0.3) is 10.9 Å². The summed E-state index contributed by atoms with van der Waals surface area (Å²) < 4.78 is 1.79. The Morgan fingerprint density at radius 2 is 1.86 bits per heavy atom. The summed E-state index contributed by atoms with van der Waals surface area (Å²) in [4.78, 5) is 30.1. The Bertz CT molecular complexity index is 1080. The first-order valence-corrected chi connectivity index (χ1v) is 10.3. The minimum absolute atomic E-state index is 0.0813. The van der Waals surface area contributed by atoms with E-state index in [1.807, 2.05) is 36.4 Å². The third-order valence-electron chi connectivity index (χ3n) is 4.88. The maximum atomic E-state index is 12.6. The number of fused-ring (bicyclic) bond motifs is 1. The van der Waals surface area contributed by atoms with Crippen molar-refractivity contribution in [1.29, 1.82) is 0 Å². The summed E-state index contributed by atoms with van der Waals surface area (Å²) in [6.45, 7) is 4.77. The lowest BCUT2D eigenvalue weighted by Crippen LogP contribution is -2.31. The van der Waals surface area contributed by atoms with E-state index >= 15 is 0 Å². The van der Waals surface area contributed by atoms with Gasteiger partial charge in [0, 0.05) is 38.3 Å². The molecule has 0 spiro atoms. The van der Waals surface area contributed by atoms with Gasteiger partial charge in [-0.2, -0.15) is 0 Å². The number of amides is 1. The van der Waals surface area contributed by atoms with Crippen molar-refractivity contribution in [3.05, 3.63) is 69.7 Å². The number of H-pyrrole nitrogens is 1. The van der Waals surface area contributed by atoms with Crippen LogP contribution >= 0.6 is 12.2 Å². The van der Waals surface area contributed by atoms with Gasteiger partial charge in [0.25, 0.3) is 5.56 Å². The van der Waals surface area contributed by atoms with E-state index in [2.05, 4.69) is 34.3 Å². The zero-order valence-corrected chi connectivity index (χ0v) is 17.4. The van der Waals surface area contributed by atoms with Crippen LogP contribution in [0.3, 0.4) is 0 Å². The highest BCUT2D eigenvalue weighted by atomic mass is 32.1. The van der Waals surface area contributed by atoms with Crippen LogP contribution in [0.1, 0.15) is 19.8 Å². The van der Waals surface area contributed by atoms with Crippen molar-refractivity contribution in [3.8, 4) is 0 Å². The number of rotatable bonds is 9. The van der Waals surface area contributed by atoms with Crippen molar-refractivity contribution < 1.29 is 4.79 Å². The van der Waals surface area contributed by atoms with Crippen molar-refractivity contribution in [2.24, 2.45) is 0 Å². The monoisotopic (exact) mass is 410 g/mol. The molecule has 0 aliphatic carbocycles. The Balaban J connectivity index is 1.49. The summed E-state index contributed by atoms with van der Waals surface area (Å²) >= 11 is 5.28. The van der Waals surface area contributed by atoms with Gasteiger partial charge in [-0.1, -0.05) is 30.3 Å². The van der Waals surface area contributed by atoms with Gasteiger partial charge in [0.05, 0.1) is 10.9 Å². The summed E-state index contributed by atoms with van der Waals surface area (Å²) in [5, 5.41) is 3.51. The molecule has 152 valence electrons. The molecule has 0 bridgehead atoms. The summed E-state index contributed by atoms with van der Waals surface area (Å²) in [7, 11) is 0. The van der Waals surface area contributed by atoms with E-state index < -0.39 is 0 Å². The van der Waals surface area contributed by atoms with Crippen LogP contribution in [0.5, 0.6) is 0 Å². The third-order valence-corrected chi connectivity index (χ3v) is 5.20. The number of nitrogens with zero attached hydrogens (tertiary/aromatic N) is 2. The number of aromatic nitrogens is 2. The number of nitrogens with one attached hydrogen (secondary N) is 2. The zero-order chi connectivity index (χ0) is 20.6. The van der Waals surface area contributed by atoms with Gasteiger partial charge in [-0.15, -0.1) is 0 Å². The van der Waals surface area contributed by atoms with Gasteiger partial charge < -0.3 is 15.2 Å². The van der Waals surface area contributed by atoms with Gasteiger partial charge in [0.1, 0.15) is 0 Å². The highest BCUT2D eigenvalue weighted by molar-refractivity contribution is 7.71. The molecule has 0 fully saturated rings. The van der Waals surface area contributed by atoms with Crippen molar-refractivity contribution in [2.45, 2.75) is 26.3 Å². The third kappa shape index (κ3) is 5.32. The Labute approximate surface area is 175 Å². The first kappa shape index (κ1) is 20.8. The van der Waals surface area contributed by atoms with Crippen LogP contribution in [0.2, 0.25) is 0 Å². The molecule has 1 heterocycles. The van der Waals surface area contributed by atoms with Crippen molar-refractivity contribution >= 4 is 34.7 Å². The van der Waals surface area contributed by atoms with Gasteiger partial charge in [-0.05, 0) is 49.8 Å². The molecule has 0 unspecified atom stereocenters. The second-order valence-corrected chi connectivity index (χ2v) is 7.19. The molecule has 0 saturated heterocycles. The van der Waals surface area contributed by atoms with Crippen LogP contribution in [-0.4, -0.2) is 35.1 Å². The Morgan fingerprint density at radius 3 is 2.62 bits per heavy atom. The molecule has 6 nitrogen and oxygen atoms in total. The maximum absolute atomic E-state index is 12.6. The fraction of sp³-hybridized carbons (Fsp3) is 0.318. The van der Waals surface area contributed by atoms with Crippen LogP contribution in [0.4, 0.5) is 5.69 Å². The number of anilines is 1. The maximum Gasteiger partial charge on any atom is 0.262 e. The summed E-state index contributed by atoms with van der Waals surface area (Å²) in [5.74, 6) is -0.0813. The number of hydrogen-bond acceptors (Lipinski definition) is 4. The van der Waals surface area contributed by atoms with Crippen LogP contribution in [0.15, 0.2) is 59.4 Å². The molecule has 3 rings (SSSR count). The normalized spacial score (nSPS) is 10.8. The summed E-state index contributed by atoms with van der Waals surface area (Å²) in [6, 6.07) is 17.5. The average molecular weight is 411 g/mol. The fourth-order valence-corrected chi connectivity index (χ4v) is 3.59. The Hall–Kier alpha value is -2.93. The lowest BCUT2D eigenvalue weighted by atomic mass is 10.2.